The Morgan fingerprint density at radius 2 is 1.63 bits per heavy atom. The van der Waals surface area contributed by atoms with E-state index in [0.29, 0.717) is 10.8 Å². The average Bonchev–Trinajstić information content (AvgIpc) is 3.20. The van der Waals surface area contributed by atoms with Crippen LogP contribution < -0.4 is 16.0 Å². The number of amides is 1. The lowest BCUT2D eigenvalue weighted by molar-refractivity contribution is 0.0996. The lowest BCUT2D eigenvalue weighted by Gasteiger charge is -2.11. The van der Waals surface area contributed by atoms with E-state index in [1.54, 1.807) is 24.3 Å². The molecule has 3 aromatic rings. The van der Waals surface area contributed by atoms with Gasteiger partial charge in [0.2, 0.25) is 0 Å². The van der Waals surface area contributed by atoms with Crippen LogP contribution in [0.4, 0.5) is 11.4 Å². The molecule has 1 heterocycles. The van der Waals surface area contributed by atoms with Crippen LogP contribution >= 0.6 is 28.1 Å². The zero-order valence-electron chi connectivity index (χ0n) is 14.4. The van der Waals surface area contributed by atoms with Crippen molar-refractivity contribution in [1.82, 2.24) is 5.32 Å². The summed E-state index contributed by atoms with van der Waals surface area (Å²) in [5, 5.41) is 9.64. The summed E-state index contributed by atoms with van der Waals surface area (Å²) >= 11 is 8.74. The Morgan fingerprint density at radius 1 is 0.963 bits per heavy atom. The van der Waals surface area contributed by atoms with Gasteiger partial charge in [-0.1, -0.05) is 28.1 Å². The number of halogens is 1. The minimum Gasteiger partial charge on any atom is -0.459 e. The van der Waals surface area contributed by atoms with Gasteiger partial charge in [0.15, 0.2) is 10.9 Å². The maximum absolute atomic E-state index is 11.9. The molecule has 0 aliphatic heterocycles. The highest BCUT2D eigenvalue weighted by Crippen LogP contribution is 2.15. The van der Waals surface area contributed by atoms with Gasteiger partial charge in [-0.05, 0) is 72.7 Å². The summed E-state index contributed by atoms with van der Waals surface area (Å²) in [5.74, 6) is -0.0146. The molecule has 2 aromatic carbocycles. The number of carbonyl (C=O) groups excluding carboxylic acids is 1. The maximum Gasteiger partial charge on any atom is 0.291 e. The van der Waals surface area contributed by atoms with E-state index in [4.69, 9.17) is 16.6 Å². The molecule has 3 rings (SSSR count). The van der Waals surface area contributed by atoms with Crippen LogP contribution in [0.2, 0.25) is 0 Å². The van der Waals surface area contributed by atoms with Gasteiger partial charge in [-0.25, -0.2) is 0 Å². The van der Waals surface area contributed by atoms with E-state index in [0.717, 1.165) is 23.1 Å². The standard InChI is InChI=1S/C20H18BrN3O2S/c21-15-5-3-14(4-6-15)11-12-22-20(27)24-17-9-7-16(8-10-17)23-19(25)18-2-1-13-26-18/h1-10,13H,11-12H2,(H,23,25)(H2,22,24,27). The average molecular weight is 444 g/mol. The fourth-order valence-corrected chi connectivity index (χ4v) is 2.87. The van der Waals surface area contributed by atoms with E-state index in [1.807, 2.05) is 24.3 Å². The number of thiocarbonyl (C=S) groups is 1. The molecule has 5 nitrogen and oxygen atoms in total. The van der Waals surface area contributed by atoms with Gasteiger partial charge in [0.25, 0.3) is 5.91 Å². The minimum atomic E-state index is -0.286. The largest absolute Gasteiger partial charge is 0.459 e. The third kappa shape index (κ3) is 5.94. The molecule has 27 heavy (non-hydrogen) atoms. The highest BCUT2D eigenvalue weighted by Gasteiger charge is 2.08. The van der Waals surface area contributed by atoms with Crippen molar-refractivity contribution in [2.24, 2.45) is 0 Å². The van der Waals surface area contributed by atoms with E-state index >= 15 is 0 Å². The van der Waals surface area contributed by atoms with Crippen LogP contribution in [0, 0.1) is 0 Å². The fourth-order valence-electron chi connectivity index (χ4n) is 2.38. The van der Waals surface area contributed by atoms with Gasteiger partial charge in [-0.15, -0.1) is 0 Å². The zero-order valence-corrected chi connectivity index (χ0v) is 16.8. The molecule has 0 atom stereocenters. The van der Waals surface area contributed by atoms with Crippen molar-refractivity contribution in [3.8, 4) is 0 Å². The molecule has 3 N–H and O–H groups in total. The Hall–Kier alpha value is -2.64. The third-order valence-corrected chi connectivity index (χ3v) is 4.53. The Bertz CT molecular complexity index is 894. The lowest BCUT2D eigenvalue weighted by Crippen LogP contribution is -2.30. The van der Waals surface area contributed by atoms with E-state index < -0.39 is 0 Å². The van der Waals surface area contributed by atoms with Crippen molar-refractivity contribution in [2.45, 2.75) is 6.42 Å². The number of rotatable bonds is 6. The molecule has 0 radical (unpaired) electrons. The summed E-state index contributed by atoms with van der Waals surface area (Å²) in [4.78, 5) is 11.9. The number of furan rings is 1. The van der Waals surface area contributed by atoms with Crippen LogP contribution in [-0.2, 0) is 6.42 Å². The molecule has 0 unspecified atom stereocenters. The molecule has 7 heteroatoms. The minimum absolute atomic E-state index is 0.272. The number of nitrogens with one attached hydrogen (secondary N) is 3. The van der Waals surface area contributed by atoms with Gasteiger partial charge in [0.1, 0.15) is 0 Å². The number of carbonyl (C=O) groups is 1. The van der Waals surface area contributed by atoms with Gasteiger partial charge < -0.3 is 20.4 Å². The van der Waals surface area contributed by atoms with E-state index in [-0.39, 0.29) is 11.7 Å². The summed E-state index contributed by atoms with van der Waals surface area (Å²) in [6, 6.07) is 18.8. The zero-order chi connectivity index (χ0) is 19.1. The Morgan fingerprint density at radius 3 is 2.26 bits per heavy atom. The first-order valence-corrected chi connectivity index (χ1v) is 9.54. The summed E-state index contributed by atoms with van der Waals surface area (Å²) < 4.78 is 6.14. The Kier molecular flexibility index (Phi) is 6.62. The molecule has 0 saturated heterocycles. The van der Waals surface area contributed by atoms with Crippen LogP contribution in [0.15, 0.2) is 75.8 Å². The first kappa shape index (κ1) is 19.1. The van der Waals surface area contributed by atoms with Crippen molar-refractivity contribution in [1.29, 1.82) is 0 Å². The predicted molar refractivity (Wildman–Crippen MR) is 115 cm³/mol. The van der Waals surface area contributed by atoms with Crippen molar-refractivity contribution in [3.05, 3.63) is 82.7 Å². The van der Waals surface area contributed by atoms with Gasteiger partial charge in [0, 0.05) is 22.4 Å². The molecular weight excluding hydrogens is 426 g/mol. The molecule has 0 spiro atoms. The topological polar surface area (TPSA) is 66.3 Å². The van der Waals surface area contributed by atoms with Crippen molar-refractivity contribution in [2.75, 3.05) is 17.2 Å². The normalized spacial score (nSPS) is 10.3. The van der Waals surface area contributed by atoms with Crippen molar-refractivity contribution in [3.63, 3.8) is 0 Å². The second kappa shape index (κ2) is 9.34. The lowest BCUT2D eigenvalue weighted by atomic mass is 10.1. The SMILES string of the molecule is O=C(Nc1ccc(NC(=S)NCCc2ccc(Br)cc2)cc1)c1ccco1. The van der Waals surface area contributed by atoms with E-state index in [2.05, 4.69) is 44.0 Å². The molecule has 0 saturated carbocycles. The highest BCUT2D eigenvalue weighted by atomic mass is 79.9. The summed E-state index contributed by atoms with van der Waals surface area (Å²) in [6.45, 7) is 0.741. The van der Waals surface area contributed by atoms with E-state index in [9.17, 15) is 4.79 Å². The molecule has 0 bridgehead atoms. The molecule has 0 fully saturated rings. The number of hydrogen-bond acceptors (Lipinski definition) is 3. The van der Waals surface area contributed by atoms with Crippen molar-refractivity contribution < 1.29 is 9.21 Å². The number of anilines is 2. The third-order valence-electron chi connectivity index (χ3n) is 3.76. The molecule has 138 valence electrons. The molecule has 1 aromatic heterocycles. The van der Waals surface area contributed by atoms with Gasteiger partial charge >= 0.3 is 0 Å². The molecule has 0 aliphatic rings. The van der Waals surface area contributed by atoms with Gasteiger partial charge in [-0.3, -0.25) is 4.79 Å². The molecular formula is C20H18BrN3O2S. The Labute approximate surface area is 171 Å². The van der Waals surface area contributed by atoms with Gasteiger partial charge in [-0.2, -0.15) is 0 Å². The van der Waals surface area contributed by atoms with Crippen LogP contribution in [0.25, 0.3) is 0 Å². The van der Waals surface area contributed by atoms with Crippen LogP contribution in [0.1, 0.15) is 16.1 Å². The van der Waals surface area contributed by atoms with Crippen LogP contribution in [0.5, 0.6) is 0 Å². The van der Waals surface area contributed by atoms with Gasteiger partial charge in [0.05, 0.1) is 6.26 Å². The van der Waals surface area contributed by atoms with E-state index in [1.165, 1.54) is 11.8 Å². The first-order chi connectivity index (χ1) is 13.1. The fraction of sp³-hybridized carbons (Fsp3) is 0.100. The predicted octanol–water partition coefficient (Wildman–Crippen LogP) is 4.82. The summed E-state index contributed by atoms with van der Waals surface area (Å²) in [5.41, 5.74) is 2.76. The number of benzene rings is 2. The van der Waals surface area contributed by atoms with Crippen LogP contribution in [-0.4, -0.2) is 17.6 Å². The molecule has 0 aliphatic carbocycles. The van der Waals surface area contributed by atoms with Crippen LogP contribution in [0.3, 0.4) is 0 Å². The summed E-state index contributed by atoms with van der Waals surface area (Å²) in [7, 11) is 0. The quantitative estimate of drug-likeness (QED) is 0.476. The summed E-state index contributed by atoms with van der Waals surface area (Å²) in [6.07, 6.45) is 2.35. The first-order valence-electron chi connectivity index (χ1n) is 8.34. The molecule has 1 amide bonds. The Balaban J connectivity index is 1.44. The van der Waals surface area contributed by atoms with Crippen molar-refractivity contribution >= 4 is 50.5 Å². The highest BCUT2D eigenvalue weighted by molar-refractivity contribution is 9.10. The smallest absolute Gasteiger partial charge is 0.291 e. The maximum atomic E-state index is 11.9. The number of hydrogen-bond donors (Lipinski definition) is 3. The second-order valence-corrected chi connectivity index (χ2v) is 7.09. The monoisotopic (exact) mass is 443 g/mol. The second-order valence-electron chi connectivity index (χ2n) is 5.77.